The van der Waals surface area contributed by atoms with Gasteiger partial charge in [-0.25, -0.2) is 9.59 Å². The summed E-state index contributed by atoms with van der Waals surface area (Å²) in [6.45, 7) is 7.61. The number of likely N-dealkylation sites (N-methyl/N-ethyl adjacent to an activating group) is 1. The Morgan fingerprint density at radius 2 is 1.67 bits per heavy atom. The van der Waals surface area contributed by atoms with Gasteiger partial charge in [-0.05, 0) is 38.3 Å². The average Bonchev–Trinajstić information content (AvgIpc) is 2.46. The minimum atomic E-state index is -1.23. The Balaban J connectivity index is 2.68. The molecule has 0 radical (unpaired) electrons. The molecule has 5 nitrogen and oxygen atoms in total. The van der Waals surface area contributed by atoms with Gasteiger partial charge in [0.2, 0.25) is 0 Å². The molecule has 1 rings (SSSR count). The topological polar surface area (TPSA) is 69.6 Å². The minimum Gasteiger partial charge on any atom is -0.480 e. The summed E-state index contributed by atoms with van der Waals surface area (Å²) in [7, 11) is 0. The van der Waals surface area contributed by atoms with Gasteiger partial charge in [-0.3, -0.25) is 0 Å². The molecule has 0 aliphatic rings. The van der Waals surface area contributed by atoms with E-state index >= 15 is 0 Å². The number of hydrogen-bond acceptors (Lipinski definition) is 2. The van der Waals surface area contributed by atoms with Crippen molar-refractivity contribution in [1.82, 2.24) is 10.2 Å². The number of nitrogens with one attached hydrogen (secondary N) is 1. The lowest BCUT2D eigenvalue weighted by atomic mass is 10.0. The van der Waals surface area contributed by atoms with E-state index in [1.165, 1.54) is 24.3 Å². The van der Waals surface area contributed by atoms with E-state index in [0.717, 1.165) is 12.0 Å². The first kappa shape index (κ1) is 17.0. The molecule has 0 aliphatic heterocycles. The largest absolute Gasteiger partial charge is 0.480 e. The number of amides is 2. The number of rotatable bonds is 6. The van der Waals surface area contributed by atoms with Crippen LogP contribution >= 0.6 is 0 Å². The van der Waals surface area contributed by atoms with Gasteiger partial charge in [-0.1, -0.05) is 31.2 Å². The molecule has 0 aliphatic carbocycles. The van der Waals surface area contributed by atoms with Crippen molar-refractivity contribution >= 4 is 12.0 Å². The summed E-state index contributed by atoms with van der Waals surface area (Å²) in [5.74, 6) is -1.02. The van der Waals surface area contributed by atoms with Crippen LogP contribution in [0.1, 0.15) is 38.8 Å². The monoisotopic (exact) mass is 292 g/mol. The first-order valence-electron chi connectivity index (χ1n) is 7.19. The fourth-order valence-electron chi connectivity index (χ4n) is 2.07. The Labute approximate surface area is 126 Å². The zero-order valence-electron chi connectivity index (χ0n) is 13.1. The molecule has 0 aromatic heterocycles. The maximum Gasteiger partial charge on any atom is 0.329 e. The number of aliphatic carboxylic acids is 1. The van der Waals surface area contributed by atoms with Crippen LogP contribution in [0.15, 0.2) is 24.3 Å². The number of hydrogen-bond donors (Lipinski definition) is 2. The lowest BCUT2D eigenvalue weighted by molar-refractivity contribution is -0.147. The van der Waals surface area contributed by atoms with Gasteiger partial charge in [0.15, 0.2) is 0 Å². The van der Waals surface area contributed by atoms with Gasteiger partial charge in [0.1, 0.15) is 5.54 Å². The second kappa shape index (κ2) is 7.11. The van der Waals surface area contributed by atoms with E-state index in [4.69, 9.17) is 0 Å². The van der Waals surface area contributed by atoms with E-state index in [1.807, 2.05) is 24.3 Å². The molecule has 0 atom stereocenters. The van der Waals surface area contributed by atoms with Gasteiger partial charge in [0.25, 0.3) is 0 Å². The molecule has 1 aromatic carbocycles. The van der Waals surface area contributed by atoms with Gasteiger partial charge in [0, 0.05) is 13.1 Å². The van der Waals surface area contributed by atoms with Crippen molar-refractivity contribution in [3.8, 4) is 0 Å². The summed E-state index contributed by atoms with van der Waals surface area (Å²) in [6, 6.07) is 7.63. The Morgan fingerprint density at radius 1 is 1.14 bits per heavy atom. The molecule has 0 spiro atoms. The third-order valence-corrected chi connectivity index (χ3v) is 3.63. The molecule has 0 fully saturated rings. The Bertz CT molecular complexity index is 495. The van der Waals surface area contributed by atoms with Gasteiger partial charge < -0.3 is 15.3 Å². The van der Waals surface area contributed by atoms with Gasteiger partial charge in [-0.15, -0.1) is 0 Å². The zero-order valence-corrected chi connectivity index (χ0v) is 13.1. The van der Waals surface area contributed by atoms with Crippen molar-refractivity contribution in [1.29, 1.82) is 0 Å². The molecule has 2 N–H and O–H groups in total. The number of benzene rings is 1. The summed E-state index contributed by atoms with van der Waals surface area (Å²) in [5, 5.41) is 12.0. The van der Waals surface area contributed by atoms with Crippen LogP contribution in [-0.2, 0) is 17.8 Å². The van der Waals surface area contributed by atoms with Crippen molar-refractivity contribution in [2.24, 2.45) is 0 Å². The summed E-state index contributed by atoms with van der Waals surface area (Å²) in [5.41, 5.74) is 1.00. The van der Waals surface area contributed by atoms with Crippen LogP contribution in [0.2, 0.25) is 0 Å². The summed E-state index contributed by atoms with van der Waals surface area (Å²) in [4.78, 5) is 24.7. The van der Waals surface area contributed by atoms with Gasteiger partial charge in [0.05, 0.1) is 0 Å². The molecular weight excluding hydrogens is 268 g/mol. The molecule has 0 saturated heterocycles. The molecule has 0 saturated carbocycles. The molecule has 0 heterocycles. The third kappa shape index (κ3) is 4.21. The van der Waals surface area contributed by atoms with Crippen molar-refractivity contribution in [3.05, 3.63) is 35.4 Å². The molecule has 1 aromatic rings. The van der Waals surface area contributed by atoms with E-state index in [0.29, 0.717) is 13.1 Å². The van der Waals surface area contributed by atoms with Crippen LogP contribution in [-0.4, -0.2) is 34.1 Å². The molecular formula is C16H24N2O3. The first-order valence-corrected chi connectivity index (χ1v) is 7.19. The molecule has 0 bridgehead atoms. The quantitative estimate of drug-likeness (QED) is 0.847. The summed E-state index contributed by atoms with van der Waals surface area (Å²) >= 11 is 0. The van der Waals surface area contributed by atoms with E-state index in [9.17, 15) is 14.7 Å². The van der Waals surface area contributed by atoms with Crippen molar-refractivity contribution in [2.75, 3.05) is 6.54 Å². The number of carbonyl (C=O) groups is 2. The standard InChI is InChI=1S/C16H24N2O3/c1-5-12-7-9-13(10-8-12)11-17-15(21)18(6-2)16(3,4)14(19)20/h7-10H,5-6,11H2,1-4H3,(H,17,21)(H,19,20). The normalized spacial score (nSPS) is 11.0. The second-order valence-electron chi connectivity index (χ2n) is 5.44. The van der Waals surface area contributed by atoms with Crippen LogP contribution in [0.25, 0.3) is 0 Å². The van der Waals surface area contributed by atoms with Crippen LogP contribution in [0.3, 0.4) is 0 Å². The Kier molecular flexibility index (Phi) is 5.76. The fraction of sp³-hybridized carbons (Fsp3) is 0.500. The minimum absolute atomic E-state index is 0.333. The third-order valence-electron chi connectivity index (χ3n) is 3.63. The highest BCUT2D eigenvalue weighted by molar-refractivity contribution is 5.85. The number of aryl methyl sites for hydroxylation is 1. The number of nitrogens with zero attached hydrogens (tertiary/aromatic N) is 1. The Hall–Kier alpha value is -2.04. The second-order valence-corrected chi connectivity index (χ2v) is 5.44. The van der Waals surface area contributed by atoms with E-state index in [-0.39, 0.29) is 6.03 Å². The SMILES string of the molecule is CCc1ccc(CNC(=O)N(CC)C(C)(C)C(=O)O)cc1. The zero-order chi connectivity index (χ0) is 16.0. The van der Waals surface area contributed by atoms with Crippen LogP contribution in [0, 0.1) is 0 Å². The number of carboxylic acid groups (broad SMARTS) is 1. The van der Waals surface area contributed by atoms with Gasteiger partial charge in [-0.2, -0.15) is 0 Å². The number of carbonyl (C=O) groups excluding carboxylic acids is 1. The average molecular weight is 292 g/mol. The smallest absolute Gasteiger partial charge is 0.329 e. The predicted octanol–water partition coefficient (Wildman–Crippen LogP) is 2.64. The lowest BCUT2D eigenvalue weighted by Crippen LogP contribution is -2.55. The molecule has 5 heteroatoms. The predicted molar refractivity (Wildman–Crippen MR) is 82.2 cm³/mol. The highest BCUT2D eigenvalue weighted by Crippen LogP contribution is 2.15. The number of urea groups is 1. The lowest BCUT2D eigenvalue weighted by Gasteiger charge is -2.34. The molecule has 21 heavy (non-hydrogen) atoms. The van der Waals surface area contributed by atoms with E-state index in [2.05, 4.69) is 12.2 Å². The van der Waals surface area contributed by atoms with Gasteiger partial charge >= 0.3 is 12.0 Å². The van der Waals surface area contributed by atoms with E-state index < -0.39 is 11.5 Å². The molecule has 2 amide bonds. The van der Waals surface area contributed by atoms with Crippen LogP contribution in [0.4, 0.5) is 4.79 Å². The maximum atomic E-state index is 12.2. The molecule has 116 valence electrons. The summed E-state index contributed by atoms with van der Waals surface area (Å²) < 4.78 is 0. The fourth-order valence-corrected chi connectivity index (χ4v) is 2.07. The van der Waals surface area contributed by atoms with Crippen molar-refractivity contribution < 1.29 is 14.7 Å². The molecule has 0 unspecified atom stereocenters. The highest BCUT2D eigenvalue weighted by atomic mass is 16.4. The van der Waals surface area contributed by atoms with Crippen molar-refractivity contribution in [3.63, 3.8) is 0 Å². The Morgan fingerprint density at radius 3 is 2.10 bits per heavy atom. The first-order chi connectivity index (χ1) is 9.82. The van der Waals surface area contributed by atoms with Crippen LogP contribution < -0.4 is 5.32 Å². The number of carboxylic acids is 1. The summed E-state index contributed by atoms with van der Waals surface area (Å²) in [6.07, 6.45) is 0.975. The van der Waals surface area contributed by atoms with E-state index in [1.54, 1.807) is 6.92 Å². The van der Waals surface area contributed by atoms with Crippen molar-refractivity contribution in [2.45, 2.75) is 46.2 Å². The highest BCUT2D eigenvalue weighted by Gasteiger charge is 2.36. The maximum absolute atomic E-state index is 12.2. The van der Waals surface area contributed by atoms with Crippen LogP contribution in [0.5, 0.6) is 0 Å².